The number of piperidine rings is 1. The maximum absolute atomic E-state index is 12.1. The Bertz CT molecular complexity index is 243. The summed E-state index contributed by atoms with van der Waals surface area (Å²) < 4.78 is 4.76. The highest BCUT2D eigenvalue weighted by molar-refractivity contribution is 5.72. The molecule has 0 atom stereocenters. The summed E-state index contributed by atoms with van der Waals surface area (Å²) in [7, 11) is 1.40. The lowest BCUT2D eigenvalue weighted by Crippen LogP contribution is -3.23. The largest absolute Gasteiger partial charge is 0.634 e. The molecule has 0 aromatic rings. The van der Waals surface area contributed by atoms with Gasteiger partial charge in [0.05, 0.1) is 24.1 Å². The van der Waals surface area contributed by atoms with Gasteiger partial charge in [-0.3, -0.25) is 4.79 Å². The molecule has 0 radical (unpaired) electrons. The molecule has 1 N–H and O–H groups in total. The molecule has 1 fully saturated rings. The van der Waals surface area contributed by atoms with Gasteiger partial charge in [0.2, 0.25) is 0 Å². The third-order valence-corrected chi connectivity index (χ3v) is 3.28. The number of carbonyl (C=O) groups excluding carboxylic acids is 1. The number of nitrogens with one attached hydrogen (secondary N) is 1. The third kappa shape index (κ3) is 2.32. The smallest absolute Gasteiger partial charge is 0.309 e. The Morgan fingerprint density at radius 2 is 1.67 bits per heavy atom. The molecule has 88 valence electrons. The fourth-order valence-corrected chi connectivity index (χ4v) is 2.74. The second kappa shape index (κ2) is 3.76. The molecule has 0 spiro atoms. The van der Waals surface area contributed by atoms with Crippen molar-refractivity contribution in [1.29, 1.82) is 0 Å². The standard InChI is InChI=1S/C11H21NO3/c1-10(2)6-8(9(13)15-5)7-11(3,4)12(10)14/h8,12H,6-7H2,1-5H3. The first-order valence-electron chi connectivity index (χ1n) is 5.33. The first-order chi connectivity index (χ1) is 6.70. The summed E-state index contributed by atoms with van der Waals surface area (Å²) in [6.45, 7) is 7.64. The lowest BCUT2D eigenvalue weighted by atomic mass is 9.75. The number of methoxy groups -OCH3 is 1. The number of hydrogen-bond donors (Lipinski definition) is 1. The molecule has 4 heteroatoms. The summed E-state index contributed by atoms with van der Waals surface area (Å²) in [5.41, 5.74) is -0.832. The SMILES string of the molecule is COC(=O)C1CC(C)(C)[NH+]([O-])C(C)(C)C1. The Morgan fingerprint density at radius 3 is 2.00 bits per heavy atom. The van der Waals surface area contributed by atoms with E-state index in [0.717, 1.165) is 0 Å². The average Bonchev–Trinajstić information content (AvgIpc) is 2.11. The van der Waals surface area contributed by atoms with Crippen molar-refractivity contribution < 1.29 is 14.6 Å². The molecule has 1 aliphatic heterocycles. The fourth-order valence-electron chi connectivity index (χ4n) is 2.74. The van der Waals surface area contributed by atoms with Gasteiger partial charge in [-0.05, 0) is 27.7 Å². The zero-order valence-electron chi connectivity index (χ0n) is 10.2. The fraction of sp³-hybridized carbons (Fsp3) is 0.909. The zero-order valence-corrected chi connectivity index (χ0v) is 10.2. The Balaban J connectivity index is 2.89. The van der Waals surface area contributed by atoms with Gasteiger partial charge in [-0.15, -0.1) is 0 Å². The molecule has 1 aliphatic rings. The Hall–Kier alpha value is -0.610. The highest BCUT2D eigenvalue weighted by Gasteiger charge is 2.47. The normalized spacial score (nSPS) is 33.5. The van der Waals surface area contributed by atoms with Crippen molar-refractivity contribution in [3.63, 3.8) is 0 Å². The van der Waals surface area contributed by atoms with Crippen LogP contribution in [0.5, 0.6) is 0 Å². The molecule has 4 nitrogen and oxygen atoms in total. The minimum absolute atomic E-state index is 0.141. The topological polar surface area (TPSA) is 53.8 Å². The van der Waals surface area contributed by atoms with Crippen molar-refractivity contribution in [2.24, 2.45) is 5.92 Å². The number of carbonyl (C=O) groups is 1. The van der Waals surface area contributed by atoms with E-state index in [4.69, 9.17) is 4.74 Å². The molecule has 0 bridgehead atoms. The molecule has 0 aromatic carbocycles. The predicted octanol–water partition coefficient (Wildman–Crippen LogP) is 0.509. The Kier molecular flexibility index (Phi) is 3.12. The van der Waals surface area contributed by atoms with Crippen molar-refractivity contribution >= 4 is 5.97 Å². The van der Waals surface area contributed by atoms with Gasteiger partial charge in [0.15, 0.2) is 0 Å². The minimum Gasteiger partial charge on any atom is -0.634 e. The number of esters is 1. The monoisotopic (exact) mass is 215 g/mol. The van der Waals surface area contributed by atoms with Gasteiger partial charge in [-0.25, -0.2) is 0 Å². The second-order valence-electron chi connectivity index (χ2n) is 5.73. The molecule has 0 saturated carbocycles. The van der Waals surface area contributed by atoms with Gasteiger partial charge < -0.3 is 15.0 Å². The van der Waals surface area contributed by atoms with Gasteiger partial charge >= 0.3 is 5.97 Å². The zero-order chi connectivity index (χ0) is 11.9. The van der Waals surface area contributed by atoms with Crippen LogP contribution in [0.3, 0.4) is 0 Å². The van der Waals surface area contributed by atoms with Crippen LogP contribution >= 0.6 is 0 Å². The van der Waals surface area contributed by atoms with E-state index in [1.165, 1.54) is 7.11 Å². The van der Waals surface area contributed by atoms with Crippen LogP contribution in [-0.4, -0.2) is 24.2 Å². The van der Waals surface area contributed by atoms with Crippen molar-refractivity contribution in [1.82, 2.24) is 0 Å². The van der Waals surface area contributed by atoms with Gasteiger partial charge in [0, 0.05) is 12.8 Å². The lowest BCUT2D eigenvalue weighted by Gasteiger charge is -2.53. The Morgan fingerprint density at radius 1 is 1.27 bits per heavy atom. The first kappa shape index (κ1) is 12.5. The average molecular weight is 215 g/mol. The number of rotatable bonds is 1. The summed E-state index contributed by atoms with van der Waals surface area (Å²) in [6, 6.07) is 0. The summed E-state index contributed by atoms with van der Waals surface area (Å²) in [6.07, 6.45) is 1.20. The van der Waals surface area contributed by atoms with E-state index < -0.39 is 11.1 Å². The summed E-state index contributed by atoms with van der Waals surface area (Å²) in [5, 5.41) is 12.3. The van der Waals surface area contributed by atoms with Crippen LogP contribution in [-0.2, 0) is 9.53 Å². The highest BCUT2D eigenvalue weighted by Crippen LogP contribution is 2.29. The molecule has 0 unspecified atom stereocenters. The van der Waals surface area contributed by atoms with Gasteiger partial charge in [-0.2, -0.15) is 0 Å². The van der Waals surface area contributed by atoms with Crippen molar-refractivity contribution in [3.05, 3.63) is 5.21 Å². The first-order valence-corrected chi connectivity index (χ1v) is 5.33. The molecule has 1 heterocycles. The summed E-state index contributed by atoms with van der Waals surface area (Å²) in [5.74, 6) is -0.332. The van der Waals surface area contributed by atoms with Crippen molar-refractivity contribution in [3.8, 4) is 0 Å². The van der Waals surface area contributed by atoms with E-state index in [-0.39, 0.29) is 17.0 Å². The van der Waals surface area contributed by atoms with E-state index in [1.807, 2.05) is 27.7 Å². The van der Waals surface area contributed by atoms with Crippen LogP contribution in [0.1, 0.15) is 40.5 Å². The highest BCUT2D eigenvalue weighted by atomic mass is 16.5. The summed E-state index contributed by atoms with van der Waals surface area (Å²) >= 11 is 0. The number of hydrogen-bond acceptors (Lipinski definition) is 3. The number of quaternary nitrogens is 1. The Labute approximate surface area is 91.2 Å². The lowest BCUT2D eigenvalue weighted by molar-refractivity contribution is -0.956. The molecule has 0 amide bonds. The van der Waals surface area contributed by atoms with E-state index in [2.05, 4.69) is 0 Å². The molecule has 0 aliphatic carbocycles. The van der Waals surface area contributed by atoms with Crippen LogP contribution in [0.2, 0.25) is 0 Å². The molecule has 0 aromatic heterocycles. The van der Waals surface area contributed by atoms with Gasteiger partial charge in [0.1, 0.15) is 0 Å². The van der Waals surface area contributed by atoms with Gasteiger partial charge in [0.25, 0.3) is 0 Å². The van der Waals surface area contributed by atoms with Crippen LogP contribution < -0.4 is 5.06 Å². The predicted molar refractivity (Wildman–Crippen MR) is 57.2 cm³/mol. The van der Waals surface area contributed by atoms with Crippen LogP contribution in [0.15, 0.2) is 0 Å². The van der Waals surface area contributed by atoms with E-state index in [9.17, 15) is 10.0 Å². The maximum Gasteiger partial charge on any atom is 0.309 e. The molecule has 1 saturated heterocycles. The van der Waals surface area contributed by atoms with E-state index in [0.29, 0.717) is 12.8 Å². The minimum atomic E-state index is -0.416. The summed E-state index contributed by atoms with van der Waals surface area (Å²) in [4.78, 5) is 11.5. The third-order valence-electron chi connectivity index (χ3n) is 3.28. The van der Waals surface area contributed by atoms with Crippen LogP contribution in [0, 0.1) is 11.1 Å². The van der Waals surface area contributed by atoms with Crippen molar-refractivity contribution in [2.75, 3.05) is 7.11 Å². The molecule has 15 heavy (non-hydrogen) atoms. The van der Waals surface area contributed by atoms with Crippen LogP contribution in [0.25, 0.3) is 0 Å². The molecular formula is C11H21NO3. The maximum atomic E-state index is 12.1. The number of ether oxygens (including phenoxy) is 1. The van der Waals surface area contributed by atoms with Crippen LogP contribution in [0.4, 0.5) is 0 Å². The van der Waals surface area contributed by atoms with E-state index >= 15 is 0 Å². The van der Waals surface area contributed by atoms with E-state index in [1.54, 1.807) is 0 Å². The van der Waals surface area contributed by atoms with Crippen molar-refractivity contribution in [2.45, 2.75) is 51.6 Å². The second-order valence-corrected chi connectivity index (χ2v) is 5.73. The number of hydroxylamine groups is 2. The van der Waals surface area contributed by atoms with Gasteiger partial charge in [-0.1, -0.05) is 0 Å². The molecular weight excluding hydrogens is 194 g/mol. The quantitative estimate of drug-likeness (QED) is 0.512. The molecule has 1 rings (SSSR count).